The Kier molecular flexibility index (Phi) is 7.82. The molecule has 3 rings (SSSR count). The van der Waals surface area contributed by atoms with E-state index in [0.717, 1.165) is 24.9 Å². The van der Waals surface area contributed by atoms with Gasteiger partial charge < -0.3 is 16.0 Å². The van der Waals surface area contributed by atoms with Crippen LogP contribution in [0.3, 0.4) is 0 Å². The van der Waals surface area contributed by atoms with Crippen molar-refractivity contribution in [2.75, 3.05) is 19.6 Å². The third kappa shape index (κ3) is 5.30. The number of carbonyl (C=O) groups excluding carboxylic acids is 2. The van der Waals surface area contributed by atoms with Crippen LogP contribution < -0.4 is 11.1 Å². The quantitative estimate of drug-likeness (QED) is 0.784. The maximum Gasteiger partial charge on any atom is 0.274 e. The molecular formula is C19H26ClN5O2. The van der Waals surface area contributed by atoms with Crippen LogP contribution >= 0.6 is 12.4 Å². The second-order valence-electron chi connectivity index (χ2n) is 6.47. The number of carbonyl (C=O) groups is 2. The van der Waals surface area contributed by atoms with Crippen LogP contribution in [0.2, 0.25) is 0 Å². The van der Waals surface area contributed by atoms with Gasteiger partial charge in [-0.2, -0.15) is 5.10 Å². The Hall–Kier alpha value is -2.38. The van der Waals surface area contributed by atoms with Gasteiger partial charge in [-0.05, 0) is 37.5 Å². The van der Waals surface area contributed by atoms with Gasteiger partial charge >= 0.3 is 0 Å². The molecule has 3 N–H and O–H groups in total. The van der Waals surface area contributed by atoms with Crippen molar-refractivity contribution in [3.05, 3.63) is 48.3 Å². The van der Waals surface area contributed by atoms with Crippen molar-refractivity contribution in [1.29, 1.82) is 0 Å². The Morgan fingerprint density at radius 2 is 1.96 bits per heavy atom. The molecule has 1 unspecified atom stereocenters. The molecule has 27 heavy (non-hydrogen) atoms. The summed E-state index contributed by atoms with van der Waals surface area (Å²) in [6.45, 7) is 1.48. The van der Waals surface area contributed by atoms with Crippen molar-refractivity contribution in [3.8, 4) is 5.69 Å². The molecule has 2 heterocycles. The number of para-hydroxylation sites is 1. The first-order valence-corrected chi connectivity index (χ1v) is 9.08. The summed E-state index contributed by atoms with van der Waals surface area (Å²) >= 11 is 0. The molecule has 2 amide bonds. The van der Waals surface area contributed by atoms with Crippen molar-refractivity contribution < 1.29 is 9.59 Å². The average molecular weight is 392 g/mol. The smallest absolute Gasteiger partial charge is 0.274 e. The van der Waals surface area contributed by atoms with Crippen LogP contribution in [-0.2, 0) is 4.79 Å². The number of hydrogen-bond donors (Lipinski definition) is 2. The molecule has 1 aliphatic rings. The molecule has 0 bridgehead atoms. The minimum absolute atomic E-state index is 0. The summed E-state index contributed by atoms with van der Waals surface area (Å²) in [5.41, 5.74) is 6.74. The van der Waals surface area contributed by atoms with Gasteiger partial charge in [0.15, 0.2) is 5.69 Å². The Morgan fingerprint density at radius 3 is 2.70 bits per heavy atom. The Bertz CT molecular complexity index is 750. The van der Waals surface area contributed by atoms with Gasteiger partial charge in [-0.25, -0.2) is 4.68 Å². The van der Waals surface area contributed by atoms with Crippen LogP contribution in [0.5, 0.6) is 0 Å². The molecular weight excluding hydrogens is 366 g/mol. The molecule has 0 radical (unpaired) electrons. The van der Waals surface area contributed by atoms with Gasteiger partial charge in [-0.15, -0.1) is 12.4 Å². The predicted molar refractivity (Wildman–Crippen MR) is 106 cm³/mol. The number of amides is 2. The number of aromatic nitrogens is 2. The Labute approximate surface area is 165 Å². The van der Waals surface area contributed by atoms with Gasteiger partial charge in [0.25, 0.3) is 5.91 Å². The number of nitrogens with one attached hydrogen (secondary N) is 1. The summed E-state index contributed by atoms with van der Waals surface area (Å²) in [5, 5.41) is 7.32. The predicted octanol–water partition coefficient (Wildman–Crippen LogP) is 1.75. The molecule has 7 nitrogen and oxygen atoms in total. The summed E-state index contributed by atoms with van der Waals surface area (Å²) in [5.74, 6) is -0.156. The number of nitrogens with zero attached hydrogens (tertiary/aromatic N) is 3. The summed E-state index contributed by atoms with van der Waals surface area (Å²) in [6.07, 6.45) is 5.01. The standard InChI is InChI=1S/C19H25N5O2.ClH/c20-11-9-18(25)21-14-16-8-4-5-12-23(16)19(26)17-10-13-24(22-17)15-6-2-1-3-7-15;/h1-3,6-7,10,13,16H,4-5,8-9,11-12,14,20H2,(H,21,25);1H. The number of likely N-dealkylation sites (tertiary alicyclic amines) is 1. The largest absolute Gasteiger partial charge is 0.354 e. The summed E-state index contributed by atoms with van der Waals surface area (Å²) in [6, 6.07) is 11.4. The minimum atomic E-state index is -0.0857. The average Bonchev–Trinajstić information content (AvgIpc) is 3.17. The number of rotatable bonds is 6. The second kappa shape index (κ2) is 10.1. The van der Waals surface area contributed by atoms with Gasteiger partial charge in [0, 0.05) is 38.3 Å². The van der Waals surface area contributed by atoms with Gasteiger partial charge in [0.2, 0.25) is 5.91 Å². The highest BCUT2D eigenvalue weighted by molar-refractivity contribution is 5.92. The SMILES string of the molecule is Cl.NCCC(=O)NCC1CCCCN1C(=O)c1ccn(-c2ccccc2)n1. The molecule has 1 fully saturated rings. The minimum Gasteiger partial charge on any atom is -0.354 e. The van der Waals surface area contributed by atoms with E-state index in [2.05, 4.69) is 10.4 Å². The molecule has 8 heteroatoms. The third-order valence-corrected chi connectivity index (χ3v) is 4.62. The summed E-state index contributed by atoms with van der Waals surface area (Å²) in [7, 11) is 0. The van der Waals surface area contributed by atoms with E-state index < -0.39 is 0 Å². The van der Waals surface area contributed by atoms with Crippen molar-refractivity contribution in [2.24, 2.45) is 5.73 Å². The van der Waals surface area contributed by atoms with E-state index in [1.807, 2.05) is 35.2 Å². The van der Waals surface area contributed by atoms with E-state index >= 15 is 0 Å². The molecule has 1 aliphatic heterocycles. The molecule has 146 valence electrons. The molecule has 1 aromatic heterocycles. The second-order valence-corrected chi connectivity index (χ2v) is 6.47. The fraction of sp³-hybridized carbons (Fsp3) is 0.421. The molecule has 1 aromatic carbocycles. The van der Waals surface area contributed by atoms with Crippen LogP contribution in [0.15, 0.2) is 42.6 Å². The number of halogens is 1. The number of piperidine rings is 1. The van der Waals surface area contributed by atoms with Crippen molar-refractivity contribution in [1.82, 2.24) is 20.0 Å². The fourth-order valence-corrected chi connectivity index (χ4v) is 3.24. The maximum absolute atomic E-state index is 12.9. The zero-order chi connectivity index (χ0) is 18.4. The van der Waals surface area contributed by atoms with Crippen LogP contribution in [0.1, 0.15) is 36.2 Å². The van der Waals surface area contributed by atoms with Crippen molar-refractivity contribution in [2.45, 2.75) is 31.7 Å². The molecule has 0 aliphatic carbocycles. The zero-order valence-corrected chi connectivity index (χ0v) is 16.0. The van der Waals surface area contributed by atoms with Crippen LogP contribution in [0.4, 0.5) is 0 Å². The van der Waals surface area contributed by atoms with E-state index in [-0.39, 0.29) is 30.3 Å². The van der Waals surface area contributed by atoms with Crippen molar-refractivity contribution in [3.63, 3.8) is 0 Å². The number of hydrogen-bond acceptors (Lipinski definition) is 4. The van der Waals surface area contributed by atoms with Gasteiger partial charge in [0.05, 0.1) is 5.69 Å². The molecule has 1 atom stereocenters. The number of nitrogens with two attached hydrogens (primary N) is 1. The molecule has 2 aromatic rings. The topological polar surface area (TPSA) is 93.3 Å². The first kappa shape index (κ1) is 20.9. The van der Waals surface area contributed by atoms with Crippen LogP contribution in [0.25, 0.3) is 5.69 Å². The van der Waals surface area contributed by atoms with Gasteiger partial charge in [0.1, 0.15) is 0 Å². The lowest BCUT2D eigenvalue weighted by Gasteiger charge is -2.35. The highest BCUT2D eigenvalue weighted by Gasteiger charge is 2.29. The van der Waals surface area contributed by atoms with E-state index in [0.29, 0.717) is 31.7 Å². The zero-order valence-electron chi connectivity index (χ0n) is 15.2. The lowest BCUT2D eigenvalue weighted by molar-refractivity contribution is -0.121. The normalized spacial score (nSPS) is 16.5. The monoisotopic (exact) mass is 391 g/mol. The first-order valence-electron chi connectivity index (χ1n) is 9.08. The third-order valence-electron chi connectivity index (χ3n) is 4.62. The first-order chi connectivity index (χ1) is 12.7. The molecule has 0 saturated carbocycles. The van der Waals surface area contributed by atoms with Gasteiger partial charge in [-0.1, -0.05) is 18.2 Å². The van der Waals surface area contributed by atoms with E-state index in [1.54, 1.807) is 16.9 Å². The number of benzene rings is 1. The lowest BCUT2D eigenvalue weighted by atomic mass is 10.0. The van der Waals surface area contributed by atoms with Crippen molar-refractivity contribution >= 4 is 24.2 Å². The van der Waals surface area contributed by atoms with E-state index in [1.165, 1.54) is 0 Å². The van der Waals surface area contributed by atoms with E-state index in [4.69, 9.17) is 5.73 Å². The van der Waals surface area contributed by atoms with Gasteiger partial charge in [-0.3, -0.25) is 9.59 Å². The van der Waals surface area contributed by atoms with Crippen LogP contribution in [-0.4, -0.2) is 52.2 Å². The fourth-order valence-electron chi connectivity index (χ4n) is 3.24. The van der Waals surface area contributed by atoms with Crippen LogP contribution in [0, 0.1) is 0 Å². The maximum atomic E-state index is 12.9. The Balaban J connectivity index is 0.00000261. The summed E-state index contributed by atoms with van der Waals surface area (Å²) < 4.78 is 1.70. The lowest BCUT2D eigenvalue weighted by Crippen LogP contribution is -2.49. The molecule has 0 spiro atoms. The summed E-state index contributed by atoms with van der Waals surface area (Å²) in [4.78, 5) is 26.5. The van der Waals surface area contributed by atoms with E-state index in [9.17, 15) is 9.59 Å². The molecule has 1 saturated heterocycles. The Morgan fingerprint density at radius 1 is 1.19 bits per heavy atom. The highest BCUT2D eigenvalue weighted by Crippen LogP contribution is 2.19. The highest BCUT2D eigenvalue weighted by atomic mass is 35.5.